The van der Waals surface area contributed by atoms with Gasteiger partial charge in [0.05, 0.1) is 12.5 Å². The van der Waals surface area contributed by atoms with Gasteiger partial charge in [0.1, 0.15) is 0 Å². The van der Waals surface area contributed by atoms with Crippen molar-refractivity contribution in [2.45, 2.75) is 26.2 Å². The normalized spacial score (nSPS) is 15.9. The Labute approximate surface area is 174 Å². The summed E-state index contributed by atoms with van der Waals surface area (Å²) >= 11 is 0. The summed E-state index contributed by atoms with van der Waals surface area (Å²) in [5, 5.41) is 12.6. The molecule has 2 N–H and O–H groups in total. The number of amides is 1. The number of piperazine rings is 1. The smallest absolute Gasteiger partial charge is 0.229 e. The molecule has 1 fully saturated rings. The molecular formula is C24H33N3O2. The van der Waals surface area contributed by atoms with Crippen molar-refractivity contribution in [3.05, 3.63) is 65.2 Å². The maximum absolute atomic E-state index is 12.4. The minimum absolute atomic E-state index is 0.0987. The van der Waals surface area contributed by atoms with E-state index in [1.807, 2.05) is 30.3 Å². The van der Waals surface area contributed by atoms with Crippen LogP contribution in [0.2, 0.25) is 0 Å². The van der Waals surface area contributed by atoms with Gasteiger partial charge in [0, 0.05) is 38.4 Å². The van der Waals surface area contributed by atoms with E-state index in [2.05, 4.69) is 47.2 Å². The molecule has 1 atom stereocenters. The lowest BCUT2D eigenvalue weighted by Crippen LogP contribution is -2.47. The number of carbonyl (C=O) groups excluding carboxylic acids is 1. The lowest BCUT2D eigenvalue weighted by Gasteiger charge is -2.37. The van der Waals surface area contributed by atoms with Crippen molar-refractivity contribution in [3.8, 4) is 0 Å². The summed E-state index contributed by atoms with van der Waals surface area (Å²) < 4.78 is 0. The van der Waals surface area contributed by atoms with Gasteiger partial charge in [-0.2, -0.15) is 0 Å². The second kappa shape index (κ2) is 10.4. The Hall–Kier alpha value is -2.37. The Morgan fingerprint density at radius 3 is 2.48 bits per heavy atom. The monoisotopic (exact) mass is 395 g/mol. The highest BCUT2D eigenvalue weighted by molar-refractivity contribution is 5.83. The van der Waals surface area contributed by atoms with Crippen LogP contribution in [0.4, 0.5) is 5.69 Å². The molecule has 1 unspecified atom stereocenters. The number of aliphatic hydroxyl groups excluding tert-OH is 1. The molecule has 0 spiro atoms. The molecule has 0 radical (unpaired) electrons. The molecule has 2 aromatic rings. The van der Waals surface area contributed by atoms with E-state index in [4.69, 9.17) is 0 Å². The van der Waals surface area contributed by atoms with Crippen molar-refractivity contribution in [3.63, 3.8) is 0 Å². The van der Waals surface area contributed by atoms with Crippen LogP contribution in [-0.4, -0.2) is 61.8 Å². The van der Waals surface area contributed by atoms with Gasteiger partial charge < -0.3 is 15.3 Å². The quantitative estimate of drug-likeness (QED) is 0.675. The SMILES string of the molecule is Cc1ccc(C)c(N2CCN(CCCNC(=O)C(CO)c3ccccc3)CC2)c1. The second-order valence-corrected chi connectivity index (χ2v) is 7.91. The molecule has 5 nitrogen and oxygen atoms in total. The Morgan fingerprint density at radius 2 is 1.79 bits per heavy atom. The van der Waals surface area contributed by atoms with Crippen LogP contribution in [0.25, 0.3) is 0 Å². The van der Waals surface area contributed by atoms with Crippen molar-refractivity contribution in [1.82, 2.24) is 10.2 Å². The van der Waals surface area contributed by atoms with Gasteiger partial charge >= 0.3 is 0 Å². The van der Waals surface area contributed by atoms with Gasteiger partial charge in [0.25, 0.3) is 0 Å². The van der Waals surface area contributed by atoms with Gasteiger partial charge in [0.2, 0.25) is 5.91 Å². The van der Waals surface area contributed by atoms with Gasteiger partial charge in [-0.15, -0.1) is 0 Å². The fraction of sp³-hybridized carbons (Fsp3) is 0.458. The molecule has 0 saturated carbocycles. The molecule has 5 heteroatoms. The fourth-order valence-electron chi connectivity index (χ4n) is 3.93. The average Bonchev–Trinajstić information content (AvgIpc) is 2.75. The first-order valence-electron chi connectivity index (χ1n) is 10.6. The zero-order chi connectivity index (χ0) is 20.6. The third-order valence-electron chi connectivity index (χ3n) is 5.73. The molecule has 0 aromatic heterocycles. The van der Waals surface area contributed by atoms with Gasteiger partial charge in [0.15, 0.2) is 0 Å². The van der Waals surface area contributed by atoms with Crippen LogP contribution in [0, 0.1) is 13.8 Å². The van der Waals surface area contributed by atoms with Gasteiger partial charge in [-0.25, -0.2) is 0 Å². The van der Waals surface area contributed by atoms with E-state index in [1.165, 1.54) is 16.8 Å². The van der Waals surface area contributed by atoms with E-state index in [0.29, 0.717) is 6.54 Å². The van der Waals surface area contributed by atoms with Crippen LogP contribution in [0.5, 0.6) is 0 Å². The first kappa shape index (κ1) is 21.3. The third kappa shape index (κ3) is 5.81. The number of rotatable bonds is 8. The predicted molar refractivity (Wildman–Crippen MR) is 118 cm³/mol. The van der Waals surface area contributed by atoms with Crippen molar-refractivity contribution in [2.75, 3.05) is 50.8 Å². The third-order valence-corrected chi connectivity index (χ3v) is 5.73. The molecule has 29 heavy (non-hydrogen) atoms. The number of carbonyl (C=O) groups is 1. The van der Waals surface area contributed by atoms with Gasteiger partial charge in [-0.1, -0.05) is 42.5 Å². The summed E-state index contributed by atoms with van der Waals surface area (Å²) in [6, 6.07) is 16.1. The summed E-state index contributed by atoms with van der Waals surface area (Å²) in [6.45, 7) is 9.95. The molecule has 1 aliphatic rings. The minimum Gasteiger partial charge on any atom is -0.395 e. The molecule has 0 bridgehead atoms. The molecule has 1 amide bonds. The fourth-order valence-corrected chi connectivity index (χ4v) is 3.93. The lowest BCUT2D eigenvalue weighted by atomic mass is 9.99. The number of hydrogen-bond donors (Lipinski definition) is 2. The molecule has 0 aliphatic carbocycles. The van der Waals surface area contributed by atoms with E-state index in [0.717, 1.165) is 44.7 Å². The zero-order valence-electron chi connectivity index (χ0n) is 17.6. The topological polar surface area (TPSA) is 55.8 Å². The summed E-state index contributed by atoms with van der Waals surface area (Å²) in [4.78, 5) is 17.3. The molecule has 1 aliphatic heterocycles. The van der Waals surface area contributed by atoms with E-state index in [9.17, 15) is 9.90 Å². The van der Waals surface area contributed by atoms with E-state index >= 15 is 0 Å². The van der Waals surface area contributed by atoms with Crippen molar-refractivity contribution >= 4 is 11.6 Å². The van der Waals surface area contributed by atoms with E-state index < -0.39 is 5.92 Å². The number of nitrogens with zero attached hydrogens (tertiary/aromatic N) is 2. The maximum Gasteiger partial charge on any atom is 0.229 e. The molecule has 3 rings (SSSR count). The van der Waals surface area contributed by atoms with Crippen LogP contribution in [0.1, 0.15) is 29.0 Å². The molecule has 1 heterocycles. The molecule has 156 valence electrons. The van der Waals surface area contributed by atoms with Crippen LogP contribution in [-0.2, 0) is 4.79 Å². The van der Waals surface area contributed by atoms with Crippen molar-refractivity contribution < 1.29 is 9.90 Å². The van der Waals surface area contributed by atoms with Crippen LogP contribution in [0.3, 0.4) is 0 Å². The summed E-state index contributed by atoms with van der Waals surface area (Å²) in [6.07, 6.45) is 0.919. The van der Waals surface area contributed by atoms with Crippen molar-refractivity contribution in [1.29, 1.82) is 0 Å². The average molecular weight is 396 g/mol. The summed E-state index contributed by atoms with van der Waals surface area (Å²) in [7, 11) is 0. The Balaban J connectivity index is 1.39. The summed E-state index contributed by atoms with van der Waals surface area (Å²) in [5.74, 6) is -0.587. The predicted octanol–water partition coefficient (Wildman–Crippen LogP) is 2.71. The minimum atomic E-state index is -0.489. The zero-order valence-corrected chi connectivity index (χ0v) is 17.6. The number of hydrogen-bond acceptors (Lipinski definition) is 4. The van der Waals surface area contributed by atoms with Crippen LogP contribution < -0.4 is 10.2 Å². The first-order valence-corrected chi connectivity index (χ1v) is 10.6. The standard InChI is InChI=1S/C24H33N3O2/c1-19-9-10-20(2)23(17-19)27-15-13-26(14-16-27)12-6-11-25-24(29)22(18-28)21-7-4-3-5-8-21/h3-5,7-10,17,22,28H,6,11-16,18H2,1-2H3,(H,25,29). The number of nitrogens with one attached hydrogen (secondary N) is 1. The first-order chi connectivity index (χ1) is 14.1. The molecule has 1 saturated heterocycles. The Kier molecular flexibility index (Phi) is 7.67. The maximum atomic E-state index is 12.4. The van der Waals surface area contributed by atoms with Crippen LogP contribution in [0.15, 0.2) is 48.5 Å². The highest BCUT2D eigenvalue weighted by Crippen LogP contribution is 2.22. The second-order valence-electron chi connectivity index (χ2n) is 7.91. The highest BCUT2D eigenvalue weighted by Gasteiger charge is 2.20. The van der Waals surface area contributed by atoms with Crippen LogP contribution >= 0.6 is 0 Å². The van der Waals surface area contributed by atoms with Crippen molar-refractivity contribution in [2.24, 2.45) is 0 Å². The highest BCUT2D eigenvalue weighted by atomic mass is 16.3. The number of aryl methyl sites for hydroxylation is 2. The van der Waals surface area contributed by atoms with Gasteiger partial charge in [-0.3, -0.25) is 9.69 Å². The molecule has 2 aromatic carbocycles. The summed E-state index contributed by atoms with van der Waals surface area (Å²) in [5.41, 5.74) is 4.85. The number of aliphatic hydroxyl groups is 1. The van der Waals surface area contributed by atoms with E-state index in [-0.39, 0.29) is 12.5 Å². The number of benzene rings is 2. The Bertz CT molecular complexity index is 786. The number of anilines is 1. The molecular weight excluding hydrogens is 362 g/mol. The van der Waals surface area contributed by atoms with Gasteiger partial charge in [-0.05, 0) is 49.6 Å². The van der Waals surface area contributed by atoms with E-state index in [1.54, 1.807) is 0 Å². The largest absolute Gasteiger partial charge is 0.395 e. The lowest BCUT2D eigenvalue weighted by molar-refractivity contribution is -0.123. The Morgan fingerprint density at radius 1 is 1.07 bits per heavy atom.